The van der Waals surface area contributed by atoms with E-state index < -0.39 is 0 Å². The van der Waals surface area contributed by atoms with Gasteiger partial charge in [-0.05, 0) is 107 Å². The quantitative estimate of drug-likeness (QED) is 0.541. The SMILES string of the molecule is CC(C)(C)N1CCCNCC1.CC(C)(C)N1CCNCC1.CC1CCCCN(C(C)(C)C)C1. The normalized spacial score (nSPS) is 25.1. The van der Waals surface area contributed by atoms with Gasteiger partial charge >= 0.3 is 0 Å². The van der Waals surface area contributed by atoms with Gasteiger partial charge in [-0.15, -0.1) is 0 Å². The van der Waals surface area contributed by atoms with Gasteiger partial charge in [0.05, 0.1) is 0 Å². The second-order valence-corrected chi connectivity index (χ2v) is 13.4. The molecule has 3 aliphatic heterocycles. The van der Waals surface area contributed by atoms with Crippen LogP contribution < -0.4 is 10.6 Å². The van der Waals surface area contributed by atoms with Crippen molar-refractivity contribution < 1.29 is 0 Å². The van der Waals surface area contributed by atoms with Crippen LogP contribution in [0, 0.1) is 5.92 Å². The number of piperazine rings is 1. The van der Waals surface area contributed by atoms with E-state index in [1.54, 1.807) is 0 Å². The maximum Gasteiger partial charge on any atom is 0.0126 e. The summed E-state index contributed by atoms with van der Waals surface area (Å²) in [6.07, 6.45) is 5.53. The first-order valence-corrected chi connectivity index (χ1v) is 13.9. The molecule has 1 atom stereocenters. The maximum atomic E-state index is 3.41. The Morgan fingerprint density at radius 1 is 0.515 bits per heavy atom. The van der Waals surface area contributed by atoms with Crippen LogP contribution in [-0.4, -0.2) is 96.8 Å². The molecule has 0 aromatic carbocycles. The summed E-state index contributed by atoms with van der Waals surface area (Å²) in [6, 6.07) is 0. The third-order valence-electron chi connectivity index (χ3n) is 7.21. The van der Waals surface area contributed by atoms with Crippen LogP contribution in [0.3, 0.4) is 0 Å². The first kappa shape index (κ1) is 30.8. The van der Waals surface area contributed by atoms with Crippen LogP contribution in [0.25, 0.3) is 0 Å². The Hall–Kier alpha value is -0.200. The Morgan fingerprint density at radius 2 is 0.939 bits per heavy atom. The van der Waals surface area contributed by atoms with Gasteiger partial charge in [-0.3, -0.25) is 14.7 Å². The molecule has 3 rings (SSSR count). The lowest BCUT2D eigenvalue weighted by Crippen LogP contribution is -2.51. The molecule has 3 fully saturated rings. The van der Waals surface area contributed by atoms with Gasteiger partial charge in [-0.25, -0.2) is 0 Å². The van der Waals surface area contributed by atoms with E-state index >= 15 is 0 Å². The molecule has 3 saturated heterocycles. The van der Waals surface area contributed by atoms with E-state index in [2.05, 4.69) is 94.6 Å². The molecule has 0 aromatic rings. The number of nitrogens with one attached hydrogen (secondary N) is 2. The molecule has 198 valence electrons. The Morgan fingerprint density at radius 3 is 1.39 bits per heavy atom. The summed E-state index contributed by atoms with van der Waals surface area (Å²) in [5, 5.41) is 6.75. The number of hydrogen-bond acceptors (Lipinski definition) is 5. The lowest BCUT2D eigenvalue weighted by atomic mass is 10.0. The van der Waals surface area contributed by atoms with Crippen LogP contribution in [-0.2, 0) is 0 Å². The molecule has 5 heteroatoms. The minimum Gasteiger partial charge on any atom is -0.315 e. The van der Waals surface area contributed by atoms with E-state index in [0.717, 1.165) is 25.6 Å². The van der Waals surface area contributed by atoms with Crippen LogP contribution in [0.1, 0.15) is 94.9 Å². The Kier molecular flexibility index (Phi) is 13.4. The summed E-state index contributed by atoms with van der Waals surface area (Å²) >= 11 is 0. The van der Waals surface area contributed by atoms with Crippen molar-refractivity contribution in [1.82, 2.24) is 25.3 Å². The van der Waals surface area contributed by atoms with Crippen molar-refractivity contribution in [2.45, 2.75) is 112 Å². The summed E-state index contributed by atoms with van der Waals surface area (Å²) in [5.74, 6) is 0.895. The standard InChI is InChI=1S/C11H23N.C9H20N2.C8H18N2/c1-10-7-5-6-8-12(9-10)11(2,3)4;1-9(2,3)11-7-4-5-10-6-8-11;1-8(2,3)10-6-4-9-5-7-10/h10H,5-9H2,1-4H3;10H,4-8H2,1-3H3;9H,4-7H2,1-3H3. The molecule has 0 radical (unpaired) electrons. The maximum absolute atomic E-state index is 3.41. The molecule has 33 heavy (non-hydrogen) atoms. The molecule has 0 bridgehead atoms. The number of hydrogen-bond donors (Lipinski definition) is 2. The molecule has 0 amide bonds. The van der Waals surface area contributed by atoms with Gasteiger partial charge in [0.25, 0.3) is 0 Å². The molecular weight excluding hydrogens is 406 g/mol. The fourth-order valence-electron chi connectivity index (χ4n) is 4.82. The van der Waals surface area contributed by atoms with Crippen molar-refractivity contribution in [1.29, 1.82) is 0 Å². The van der Waals surface area contributed by atoms with Crippen molar-refractivity contribution in [2.24, 2.45) is 5.92 Å². The Labute approximate surface area is 208 Å². The minimum absolute atomic E-state index is 0.353. The van der Waals surface area contributed by atoms with Crippen LogP contribution in [0.5, 0.6) is 0 Å². The molecule has 5 nitrogen and oxygen atoms in total. The zero-order valence-electron chi connectivity index (χ0n) is 24.3. The second kappa shape index (κ2) is 14.4. The van der Waals surface area contributed by atoms with Gasteiger partial charge in [0.15, 0.2) is 0 Å². The van der Waals surface area contributed by atoms with Crippen LogP contribution in [0.2, 0.25) is 0 Å². The molecule has 0 aromatic heterocycles. The fourth-order valence-corrected chi connectivity index (χ4v) is 4.82. The highest BCUT2D eigenvalue weighted by molar-refractivity contribution is 4.81. The van der Waals surface area contributed by atoms with Crippen LogP contribution >= 0.6 is 0 Å². The third-order valence-corrected chi connectivity index (χ3v) is 7.21. The topological polar surface area (TPSA) is 33.8 Å². The van der Waals surface area contributed by atoms with E-state index in [1.807, 2.05) is 0 Å². The monoisotopic (exact) mass is 467 g/mol. The lowest BCUT2D eigenvalue weighted by molar-refractivity contribution is 0.119. The van der Waals surface area contributed by atoms with Crippen LogP contribution in [0.15, 0.2) is 0 Å². The van der Waals surface area contributed by atoms with Crippen molar-refractivity contribution in [3.63, 3.8) is 0 Å². The number of nitrogens with zero attached hydrogens (tertiary/aromatic N) is 3. The summed E-state index contributed by atoms with van der Waals surface area (Å²) in [7, 11) is 0. The number of likely N-dealkylation sites (tertiary alicyclic amines) is 1. The van der Waals surface area contributed by atoms with E-state index in [-0.39, 0.29) is 0 Å². The highest BCUT2D eigenvalue weighted by Crippen LogP contribution is 2.22. The molecule has 0 aliphatic carbocycles. The average Bonchev–Trinajstić information content (AvgIpc) is 3.11. The van der Waals surface area contributed by atoms with Crippen molar-refractivity contribution in [3.05, 3.63) is 0 Å². The smallest absolute Gasteiger partial charge is 0.0126 e. The first-order chi connectivity index (χ1) is 15.2. The number of rotatable bonds is 0. The fraction of sp³-hybridized carbons (Fsp3) is 1.00. The molecular formula is C28H61N5. The van der Waals surface area contributed by atoms with Crippen LogP contribution in [0.4, 0.5) is 0 Å². The van der Waals surface area contributed by atoms with Crippen molar-refractivity contribution in [3.8, 4) is 0 Å². The van der Waals surface area contributed by atoms with E-state index in [0.29, 0.717) is 16.6 Å². The molecule has 3 heterocycles. The zero-order valence-corrected chi connectivity index (χ0v) is 24.3. The first-order valence-electron chi connectivity index (χ1n) is 13.9. The van der Waals surface area contributed by atoms with E-state index in [4.69, 9.17) is 0 Å². The predicted octanol–water partition coefficient (Wildman–Crippen LogP) is 4.68. The van der Waals surface area contributed by atoms with Gasteiger partial charge in [0, 0.05) is 62.4 Å². The van der Waals surface area contributed by atoms with E-state index in [9.17, 15) is 0 Å². The van der Waals surface area contributed by atoms with Gasteiger partial charge < -0.3 is 10.6 Å². The lowest BCUT2D eigenvalue weighted by Gasteiger charge is -2.38. The van der Waals surface area contributed by atoms with Gasteiger partial charge in [0.2, 0.25) is 0 Å². The zero-order chi connectivity index (χ0) is 25.1. The van der Waals surface area contributed by atoms with E-state index in [1.165, 1.54) is 71.5 Å². The summed E-state index contributed by atoms with van der Waals surface area (Å²) < 4.78 is 0. The Bertz CT molecular complexity index is 486. The molecule has 0 saturated carbocycles. The van der Waals surface area contributed by atoms with Gasteiger partial charge in [0.1, 0.15) is 0 Å². The molecule has 1 unspecified atom stereocenters. The van der Waals surface area contributed by atoms with Gasteiger partial charge in [-0.2, -0.15) is 0 Å². The molecule has 0 spiro atoms. The summed E-state index contributed by atoms with van der Waals surface area (Å²) in [4.78, 5) is 7.70. The molecule has 3 aliphatic rings. The largest absolute Gasteiger partial charge is 0.315 e. The molecule has 2 N–H and O–H groups in total. The Balaban J connectivity index is 0.000000249. The van der Waals surface area contributed by atoms with Crippen molar-refractivity contribution >= 4 is 0 Å². The highest BCUT2D eigenvalue weighted by atomic mass is 15.2. The summed E-state index contributed by atoms with van der Waals surface area (Å²) in [6.45, 7) is 35.1. The summed E-state index contributed by atoms with van der Waals surface area (Å²) in [5.41, 5.74) is 1.09. The van der Waals surface area contributed by atoms with Crippen molar-refractivity contribution in [2.75, 3.05) is 65.4 Å². The second-order valence-electron chi connectivity index (χ2n) is 13.4. The highest BCUT2D eigenvalue weighted by Gasteiger charge is 2.24. The predicted molar refractivity (Wildman–Crippen MR) is 147 cm³/mol. The average molecular weight is 468 g/mol. The third kappa shape index (κ3) is 13.5. The minimum atomic E-state index is 0.353. The van der Waals surface area contributed by atoms with Gasteiger partial charge in [-0.1, -0.05) is 13.3 Å².